The molecule has 1 N–H and O–H groups in total. The van der Waals surface area contributed by atoms with Crippen molar-refractivity contribution in [1.29, 1.82) is 0 Å². The van der Waals surface area contributed by atoms with Crippen molar-refractivity contribution in [3.63, 3.8) is 0 Å². The van der Waals surface area contributed by atoms with E-state index in [1.807, 2.05) is 41.5 Å². The van der Waals surface area contributed by atoms with Gasteiger partial charge >= 0.3 is 5.69 Å². The predicted octanol–water partition coefficient (Wildman–Crippen LogP) is 2.94. The van der Waals surface area contributed by atoms with Crippen LogP contribution >= 0.6 is 11.3 Å². The minimum atomic E-state index is -0.174. The second-order valence-electron chi connectivity index (χ2n) is 7.37. The molecule has 3 aromatic rings. The lowest BCUT2D eigenvalue weighted by Gasteiger charge is -2.31. The molecule has 0 aliphatic carbocycles. The molecule has 4 rings (SSSR count). The van der Waals surface area contributed by atoms with Crippen molar-refractivity contribution in [2.45, 2.75) is 38.6 Å². The van der Waals surface area contributed by atoms with Crippen LogP contribution in [0.15, 0.2) is 46.6 Å². The maximum atomic E-state index is 12.5. The predicted molar refractivity (Wildman–Crippen MR) is 110 cm³/mol. The van der Waals surface area contributed by atoms with Crippen LogP contribution in [0.1, 0.15) is 40.6 Å². The molecule has 1 aliphatic heterocycles. The zero-order valence-electron chi connectivity index (χ0n) is 15.9. The summed E-state index contributed by atoms with van der Waals surface area (Å²) in [5.41, 5.74) is 2.11. The maximum absolute atomic E-state index is 12.5. The van der Waals surface area contributed by atoms with E-state index in [1.165, 1.54) is 5.56 Å². The van der Waals surface area contributed by atoms with Crippen molar-refractivity contribution in [3.8, 4) is 0 Å². The average Bonchev–Trinajstić information content (AvgIpc) is 3.34. The van der Waals surface area contributed by atoms with Gasteiger partial charge in [0.25, 0.3) is 0 Å². The van der Waals surface area contributed by atoms with Gasteiger partial charge in [-0.15, -0.1) is 11.3 Å². The van der Waals surface area contributed by atoms with Crippen molar-refractivity contribution in [2.75, 3.05) is 13.1 Å². The van der Waals surface area contributed by atoms with Crippen LogP contribution in [0.4, 0.5) is 0 Å². The van der Waals surface area contributed by atoms with Crippen LogP contribution in [0.2, 0.25) is 0 Å². The number of aromatic amines is 1. The molecule has 28 heavy (non-hydrogen) atoms. The summed E-state index contributed by atoms with van der Waals surface area (Å²) in [5.74, 6) is 1.17. The molecule has 3 heterocycles. The Kier molecular flexibility index (Phi) is 5.43. The van der Waals surface area contributed by atoms with Crippen LogP contribution in [-0.4, -0.2) is 38.7 Å². The number of rotatable bonds is 5. The molecule has 6 nitrogen and oxygen atoms in total. The lowest BCUT2D eigenvalue weighted by atomic mass is 9.95. The molecule has 0 saturated carbocycles. The first-order valence-corrected chi connectivity index (χ1v) is 10.5. The van der Waals surface area contributed by atoms with E-state index in [2.05, 4.69) is 22.3 Å². The van der Waals surface area contributed by atoms with Gasteiger partial charge < -0.3 is 4.90 Å². The molecule has 1 amide bonds. The smallest absolute Gasteiger partial charge is 0.342 e. The number of aryl methyl sites for hydroxylation is 1. The monoisotopic (exact) mass is 396 g/mol. The Morgan fingerprint density at radius 3 is 2.64 bits per heavy atom. The summed E-state index contributed by atoms with van der Waals surface area (Å²) in [4.78, 5) is 27.8. The molecule has 0 spiro atoms. The number of nitrogens with one attached hydrogen (secondary N) is 1. The van der Waals surface area contributed by atoms with E-state index in [4.69, 9.17) is 0 Å². The van der Waals surface area contributed by atoms with Gasteiger partial charge in [0, 0.05) is 23.9 Å². The highest BCUT2D eigenvalue weighted by Crippen LogP contribution is 2.27. The third-order valence-electron chi connectivity index (χ3n) is 5.37. The number of likely N-dealkylation sites (tertiary alicyclic amines) is 1. The lowest BCUT2D eigenvalue weighted by Crippen LogP contribution is -2.39. The van der Waals surface area contributed by atoms with Crippen molar-refractivity contribution in [3.05, 3.63) is 74.1 Å². The van der Waals surface area contributed by atoms with Gasteiger partial charge in [0.1, 0.15) is 5.82 Å². The Morgan fingerprint density at radius 1 is 1.21 bits per heavy atom. The molecule has 146 valence electrons. The average molecular weight is 397 g/mol. The Labute approximate surface area is 167 Å². The molecule has 1 fully saturated rings. The van der Waals surface area contributed by atoms with Crippen LogP contribution in [0.3, 0.4) is 0 Å². The fourth-order valence-corrected chi connectivity index (χ4v) is 4.43. The Morgan fingerprint density at radius 2 is 1.96 bits per heavy atom. The zero-order valence-corrected chi connectivity index (χ0v) is 16.7. The molecule has 1 aliphatic rings. The van der Waals surface area contributed by atoms with Gasteiger partial charge in [-0.1, -0.05) is 35.9 Å². The normalized spacial score (nSPS) is 15.1. The highest BCUT2D eigenvalue weighted by molar-refractivity contribution is 7.10. The number of amides is 1. The third kappa shape index (κ3) is 4.09. The summed E-state index contributed by atoms with van der Waals surface area (Å²) in [7, 11) is 0. The van der Waals surface area contributed by atoms with Gasteiger partial charge in [-0.2, -0.15) is 5.10 Å². The summed E-state index contributed by atoms with van der Waals surface area (Å²) >= 11 is 1.62. The van der Waals surface area contributed by atoms with Crippen molar-refractivity contribution in [1.82, 2.24) is 19.7 Å². The first-order chi connectivity index (χ1) is 13.6. The topological polar surface area (TPSA) is 71.0 Å². The summed E-state index contributed by atoms with van der Waals surface area (Å²) in [6.07, 6.45) is 2.13. The van der Waals surface area contributed by atoms with Gasteiger partial charge in [-0.25, -0.2) is 9.89 Å². The number of carbonyl (C=O) groups is 1. The van der Waals surface area contributed by atoms with E-state index in [9.17, 15) is 9.59 Å². The van der Waals surface area contributed by atoms with Crippen LogP contribution in [0, 0.1) is 6.92 Å². The quantitative estimate of drug-likeness (QED) is 0.721. The van der Waals surface area contributed by atoms with E-state index >= 15 is 0 Å². The highest BCUT2D eigenvalue weighted by Gasteiger charge is 2.27. The van der Waals surface area contributed by atoms with Crippen LogP contribution in [0.25, 0.3) is 0 Å². The number of carbonyl (C=O) groups excluding carboxylic acids is 1. The van der Waals surface area contributed by atoms with Crippen molar-refractivity contribution < 1.29 is 4.79 Å². The molecule has 0 bridgehead atoms. The van der Waals surface area contributed by atoms with Gasteiger partial charge in [0.2, 0.25) is 5.91 Å². The first-order valence-electron chi connectivity index (χ1n) is 9.61. The second kappa shape index (κ2) is 8.14. The molecule has 0 radical (unpaired) electrons. The van der Waals surface area contributed by atoms with Crippen molar-refractivity contribution in [2.24, 2.45) is 0 Å². The highest BCUT2D eigenvalue weighted by atomic mass is 32.1. The van der Waals surface area contributed by atoms with Crippen molar-refractivity contribution >= 4 is 17.2 Å². The second-order valence-corrected chi connectivity index (χ2v) is 8.40. The van der Waals surface area contributed by atoms with Crippen LogP contribution in [0.5, 0.6) is 0 Å². The van der Waals surface area contributed by atoms with E-state index in [-0.39, 0.29) is 17.5 Å². The number of benzene rings is 1. The largest absolute Gasteiger partial charge is 0.343 e. The molecule has 0 atom stereocenters. The van der Waals surface area contributed by atoms with E-state index in [1.54, 1.807) is 15.9 Å². The maximum Gasteiger partial charge on any atom is 0.343 e. The Bertz CT molecular complexity index is 980. The molecule has 7 heteroatoms. The van der Waals surface area contributed by atoms with Crippen LogP contribution < -0.4 is 5.69 Å². The molecule has 1 aromatic carbocycles. The molecular formula is C21H24N4O2S. The van der Waals surface area contributed by atoms with Gasteiger partial charge in [-0.3, -0.25) is 9.36 Å². The Balaban J connectivity index is 1.41. The minimum Gasteiger partial charge on any atom is -0.342 e. The Hall–Kier alpha value is -2.67. The van der Waals surface area contributed by atoms with Gasteiger partial charge in [0.15, 0.2) is 0 Å². The van der Waals surface area contributed by atoms with E-state index in [0.29, 0.717) is 26.1 Å². The fraction of sp³-hybridized carbons (Fsp3) is 0.381. The summed E-state index contributed by atoms with van der Waals surface area (Å²) in [6.45, 7) is 3.98. The molecule has 1 saturated heterocycles. The summed E-state index contributed by atoms with van der Waals surface area (Å²) < 4.78 is 1.73. The lowest BCUT2D eigenvalue weighted by molar-refractivity contribution is -0.131. The molecule has 2 aromatic heterocycles. The first kappa shape index (κ1) is 18.7. The van der Waals surface area contributed by atoms with Gasteiger partial charge in [-0.05, 0) is 36.8 Å². The summed E-state index contributed by atoms with van der Waals surface area (Å²) in [5, 5.41) is 8.92. The van der Waals surface area contributed by atoms with Gasteiger partial charge in [0.05, 0.1) is 13.0 Å². The molecule has 0 unspecified atom stereocenters. The number of hydrogen-bond acceptors (Lipinski definition) is 4. The van der Waals surface area contributed by atoms with Crippen LogP contribution in [-0.2, 0) is 17.8 Å². The SMILES string of the molecule is Cc1ccc(Cn2c(C3CCN(C(=O)Cc4cccs4)CC3)n[nH]c2=O)cc1. The zero-order chi connectivity index (χ0) is 19.5. The number of H-pyrrole nitrogens is 1. The van der Waals surface area contributed by atoms with E-state index in [0.717, 1.165) is 29.1 Å². The number of piperidine rings is 1. The summed E-state index contributed by atoms with van der Waals surface area (Å²) in [6, 6.07) is 12.2. The fourth-order valence-electron chi connectivity index (χ4n) is 3.73. The number of nitrogens with zero attached hydrogens (tertiary/aromatic N) is 3. The third-order valence-corrected chi connectivity index (χ3v) is 6.24. The van der Waals surface area contributed by atoms with E-state index < -0.39 is 0 Å². The minimum absolute atomic E-state index is 0.174. The standard InChI is InChI=1S/C21H24N4O2S/c1-15-4-6-16(7-5-15)14-25-20(22-23-21(25)27)17-8-10-24(11-9-17)19(26)13-18-3-2-12-28-18/h2-7,12,17H,8-11,13-14H2,1H3,(H,23,27). The number of hydrogen-bond donors (Lipinski definition) is 1. The number of aromatic nitrogens is 3. The molecular weight excluding hydrogens is 372 g/mol. The number of thiophene rings is 1.